The standard InChI is InChI=1S/C10H16F3NO2S/c11-10(12,13)4-7-17-6-3-8-2-1-5-14(8)9(15)16/h8H,1-7H2,(H,15,16)/t8-/m0/s1. The monoisotopic (exact) mass is 271 g/mol. The van der Waals surface area contributed by atoms with Gasteiger partial charge in [0.2, 0.25) is 0 Å². The second kappa shape index (κ2) is 6.37. The van der Waals surface area contributed by atoms with Crippen LogP contribution in [0.1, 0.15) is 25.7 Å². The lowest BCUT2D eigenvalue weighted by Crippen LogP contribution is -2.34. The van der Waals surface area contributed by atoms with Gasteiger partial charge in [-0.2, -0.15) is 24.9 Å². The Morgan fingerprint density at radius 1 is 1.41 bits per heavy atom. The van der Waals surface area contributed by atoms with Crippen LogP contribution in [0.4, 0.5) is 18.0 Å². The van der Waals surface area contributed by atoms with Crippen molar-refractivity contribution in [1.29, 1.82) is 0 Å². The second-order valence-corrected chi connectivity index (χ2v) is 5.26. The number of hydrogen-bond acceptors (Lipinski definition) is 2. The van der Waals surface area contributed by atoms with Crippen molar-refractivity contribution in [2.24, 2.45) is 0 Å². The van der Waals surface area contributed by atoms with Gasteiger partial charge in [0.25, 0.3) is 0 Å². The lowest BCUT2D eigenvalue weighted by molar-refractivity contribution is -0.129. The van der Waals surface area contributed by atoms with Gasteiger partial charge >= 0.3 is 12.3 Å². The van der Waals surface area contributed by atoms with E-state index in [1.54, 1.807) is 0 Å². The molecule has 0 radical (unpaired) electrons. The fraction of sp³-hybridized carbons (Fsp3) is 0.900. The van der Waals surface area contributed by atoms with Gasteiger partial charge in [-0.05, 0) is 25.0 Å². The van der Waals surface area contributed by atoms with Crippen molar-refractivity contribution in [1.82, 2.24) is 4.90 Å². The van der Waals surface area contributed by atoms with Gasteiger partial charge in [-0.1, -0.05) is 0 Å². The van der Waals surface area contributed by atoms with E-state index in [1.165, 1.54) is 16.7 Å². The van der Waals surface area contributed by atoms with Gasteiger partial charge in [0.1, 0.15) is 0 Å². The van der Waals surface area contributed by atoms with E-state index in [9.17, 15) is 18.0 Å². The van der Waals surface area contributed by atoms with Crippen LogP contribution in [0.15, 0.2) is 0 Å². The normalized spacial score (nSPS) is 20.9. The minimum absolute atomic E-state index is 0.00844. The first kappa shape index (κ1) is 14.5. The summed E-state index contributed by atoms with van der Waals surface area (Å²) in [6.45, 7) is 0.549. The van der Waals surface area contributed by atoms with Crippen molar-refractivity contribution in [3.05, 3.63) is 0 Å². The summed E-state index contributed by atoms with van der Waals surface area (Å²) in [6, 6.07) is -0.00844. The van der Waals surface area contributed by atoms with Crippen molar-refractivity contribution in [3.8, 4) is 0 Å². The molecule has 100 valence electrons. The fourth-order valence-corrected chi connectivity index (χ4v) is 2.92. The van der Waals surface area contributed by atoms with Gasteiger partial charge in [0, 0.05) is 18.3 Å². The number of halogens is 3. The number of carboxylic acid groups (broad SMARTS) is 1. The maximum atomic E-state index is 11.9. The van der Waals surface area contributed by atoms with E-state index in [4.69, 9.17) is 5.11 Å². The highest BCUT2D eigenvalue weighted by molar-refractivity contribution is 7.99. The van der Waals surface area contributed by atoms with E-state index in [2.05, 4.69) is 0 Å². The zero-order valence-corrected chi connectivity index (χ0v) is 10.2. The van der Waals surface area contributed by atoms with Crippen LogP contribution in [-0.4, -0.2) is 46.4 Å². The quantitative estimate of drug-likeness (QED) is 0.781. The van der Waals surface area contributed by atoms with Gasteiger partial charge < -0.3 is 10.0 Å². The summed E-state index contributed by atoms with van der Waals surface area (Å²) in [5, 5.41) is 8.86. The minimum Gasteiger partial charge on any atom is -0.465 e. The molecule has 17 heavy (non-hydrogen) atoms. The molecule has 7 heteroatoms. The summed E-state index contributed by atoms with van der Waals surface area (Å²) in [6.07, 6.45) is -3.46. The smallest absolute Gasteiger partial charge is 0.407 e. The highest BCUT2D eigenvalue weighted by atomic mass is 32.2. The Morgan fingerprint density at radius 2 is 2.12 bits per heavy atom. The van der Waals surface area contributed by atoms with E-state index < -0.39 is 18.7 Å². The van der Waals surface area contributed by atoms with Crippen molar-refractivity contribution in [2.75, 3.05) is 18.1 Å². The molecule has 1 amide bonds. The molecule has 1 aliphatic rings. The summed E-state index contributed by atoms with van der Waals surface area (Å²) in [5.74, 6) is 0.647. The van der Waals surface area contributed by atoms with Gasteiger partial charge in [0.05, 0.1) is 6.42 Å². The number of alkyl halides is 3. The van der Waals surface area contributed by atoms with Crippen LogP contribution in [0, 0.1) is 0 Å². The molecular weight excluding hydrogens is 255 g/mol. The largest absolute Gasteiger partial charge is 0.465 e. The van der Waals surface area contributed by atoms with Crippen LogP contribution in [-0.2, 0) is 0 Å². The number of rotatable bonds is 5. The molecule has 3 nitrogen and oxygen atoms in total. The molecule has 1 rings (SSSR count). The molecule has 0 saturated carbocycles. The Kier molecular flexibility index (Phi) is 5.42. The Morgan fingerprint density at radius 3 is 2.71 bits per heavy atom. The highest BCUT2D eigenvalue weighted by Crippen LogP contribution is 2.25. The third kappa shape index (κ3) is 5.52. The molecular formula is C10H16F3NO2S. The molecule has 1 fully saturated rings. The summed E-state index contributed by atoms with van der Waals surface area (Å²) in [5.41, 5.74) is 0. The molecule has 1 heterocycles. The molecule has 1 aliphatic heterocycles. The molecule has 1 saturated heterocycles. The van der Waals surface area contributed by atoms with Crippen LogP contribution >= 0.6 is 11.8 Å². The predicted octanol–water partition coefficient (Wildman–Crippen LogP) is 3.20. The second-order valence-electron chi connectivity index (χ2n) is 4.04. The van der Waals surface area contributed by atoms with Crippen LogP contribution in [0.2, 0.25) is 0 Å². The SMILES string of the molecule is O=C(O)N1CCC[C@H]1CCSCCC(F)(F)F. The molecule has 0 aromatic heterocycles. The number of carbonyl (C=O) groups is 1. The van der Waals surface area contributed by atoms with E-state index in [1.807, 2.05) is 0 Å². The third-order valence-electron chi connectivity index (χ3n) is 2.75. The molecule has 0 aliphatic carbocycles. The Hall–Kier alpha value is -0.590. The van der Waals surface area contributed by atoms with E-state index in [0.717, 1.165) is 12.8 Å². The number of hydrogen-bond donors (Lipinski definition) is 1. The third-order valence-corrected chi connectivity index (χ3v) is 3.77. The molecule has 0 aromatic rings. The fourth-order valence-electron chi connectivity index (χ4n) is 1.90. The van der Waals surface area contributed by atoms with E-state index >= 15 is 0 Å². The topological polar surface area (TPSA) is 40.5 Å². The van der Waals surface area contributed by atoms with Crippen molar-refractivity contribution >= 4 is 17.9 Å². The molecule has 1 N–H and O–H groups in total. The average Bonchev–Trinajstić information content (AvgIpc) is 2.63. The average molecular weight is 271 g/mol. The molecule has 1 atom stereocenters. The summed E-state index contributed by atoms with van der Waals surface area (Å²) in [4.78, 5) is 12.2. The van der Waals surface area contributed by atoms with E-state index in [0.29, 0.717) is 18.7 Å². The van der Waals surface area contributed by atoms with Crippen LogP contribution < -0.4 is 0 Å². The van der Waals surface area contributed by atoms with Crippen molar-refractivity contribution in [2.45, 2.75) is 37.9 Å². The Balaban J connectivity index is 2.12. The first-order chi connectivity index (χ1) is 7.90. The zero-order valence-electron chi connectivity index (χ0n) is 9.37. The number of amides is 1. The zero-order chi connectivity index (χ0) is 12.9. The summed E-state index contributed by atoms with van der Waals surface area (Å²) >= 11 is 1.24. The Bertz CT molecular complexity index is 260. The Labute approximate surface area is 102 Å². The van der Waals surface area contributed by atoms with Crippen LogP contribution in [0.25, 0.3) is 0 Å². The van der Waals surface area contributed by atoms with Crippen LogP contribution in [0.3, 0.4) is 0 Å². The van der Waals surface area contributed by atoms with Gasteiger partial charge in [-0.3, -0.25) is 0 Å². The van der Waals surface area contributed by atoms with Crippen molar-refractivity contribution < 1.29 is 23.1 Å². The summed E-state index contributed by atoms with van der Waals surface area (Å²) in [7, 11) is 0. The maximum Gasteiger partial charge on any atom is 0.407 e. The lowest BCUT2D eigenvalue weighted by Gasteiger charge is -2.21. The lowest BCUT2D eigenvalue weighted by atomic mass is 10.2. The predicted molar refractivity (Wildman–Crippen MR) is 60.4 cm³/mol. The first-order valence-electron chi connectivity index (χ1n) is 5.54. The summed E-state index contributed by atoms with van der Waals surface area (Å²) < 4.78 is 35.6. The first-order valence-corrected chi connectivity index (χ1v) is 6.69. The number of thioether (sulfide) groups is 1. The van der Waals surface area contributed by atoms with Gasteiger partial charge in [-0.25, -0.2) is 4.79 Å². The maximum absolute atomic E-state index is 11.9. The number of nitrogens with zero attached hydrogens (tertiary/aromatic N) is 1. The molecule has 0 spiro atoms. The number of likely N-dealkylation sites (tertiary alicyclic amines) is 1. The van der Waals surface area contributed by atoms with Gasteiger partial charge in [0.15, 0.2) is 0 Å². The van der Waals surface area contributed by atoms with E-state index in [-0.39, 0.29) is 11.8 Å². The molecule has 0 aromatic carbocycles. The van der Waals surface area contributed by atoms with Crippen LogP contribution in [0.5, 0.6) is 0 Å². The molecule has 0 bridgehead atoms. The minimum atomic E-state index is -4.09. The highest BCUT2D eigenvalue weighted by Gasteiger charge is 2.28. The van der Waals surface area contributed by atoms with Gasteiger partial charge in [-0.15, -0.1) is 0 Å². The molecule has 0 unspecified atom stereocenters. The van der Waals surface area contributed by atoms with Crippen molar-refractivity contribution in [3.63, 3.8) is 0 Å².